The number of aromatic nitrogens is 2. The van der Waals surface area contributed by atoms with Crippen LogP contribution >= 0.6 is 11.6 Å². The molecule has 0 aliphatic carbocycles. The second-order valence-corrected chi connectivity index (χ2v) is 4.32. The lowest BCUT2D eigenvalue weighted by Crippen LogP contribution is -2.29. The summed E-state index contributed by atoms with van der Waals surface area (Å²) in [4.78, 5) is 13.9. The minimum atomic E-state index is -0.0662. The molecule has 0 saturated heterocycles. The lowest BCUT2D eigenvalue weighted by molar-refractivity contribution is 0.0984. The van der Waals surface area contributed by atoms with Crippen LogP contribution in [0.2, 0.25) is 5.02 Å². The maximum atomic E-state index is 12.2. The predicted molar refractivity (Wildman–Crippen MR) is 65.4 cm³/mol. The molecule has 1 aromatic carbocycles. The van der Waals surface area contributed by atoms with Gasteiger partial charge in [-0.05, 0) is 30.2 Å². The van der Waals surface area contributed by atoms with E-state index >= 15 is 0 Å². The molecular weight excluding hydrogens is 238 g/mol. The van der Waals surface area contributed by atoms with Gasteiger partial charge in [0.2, 0.25) is 0 Å². The Hall–Kier alpha value is -1.81. The summed E-state index contributed by atoms with van der Waals surface area (Å²) in [5.74, 6) is -0.0662. The van der Waals surface area contributed by atoms with Gasteiger partial charge in [-0.3, -0.25) is 9.89 Å². The molecule has 0 spiro atoms. The van der Waals surface area contributed by atoms with Gasteiger partial charge in [0.25, 0.3) is 5.91 Å². The van der Waals surface area contributed by atoms with E-state index in [9.17, 15) is 4.79 Å². The Morgan fingerprint density at radius 3 is 3.06 bits per heavy atom. The minimum absolute atomic E-state index is 0.0662. The number of amides is 1. The summed E-state index contributed by atoms with van der Waals surface area (Å²) >= 11 is 6.11. The van der Waals surface area contributed by atoms with Crippen molar-refractivity contribution in [3.05, 3.63) is 46.7 Å². The molecule has 0 bridgehead atoms. The van der Waals surface area contributed by atoms with E-state index < -0.39 is 0 Å². The molecule has 2 heterocycles. The zero-order valence-corrected chi connectivity index (χ0v) is 9.74. The van der Waals surface area contributed by atoms with Crippen molar-refractivity contribution in [3.63, 3.8) is 0 Å². The molecule has 4 nitrogen and oxygen atoms in total. The van der Waals surface area contributed by atoms with E-state index in [1.54, 1.807) is 17.2 Å². The van der Waals surface area contributed by atoms with Crippen molar-refractivity contribution in [1.29, 1.82) is 0 Å². The van der Waals surface area contributed by atoms with Crippen LogP contribution in [0.3, 0.4) is 0 Å². The average molecular weight is 248 g/mol. The average Bonchev–Trinajstić information content (AvgIpc) is 2.98. The molecule has 1 amide bonds. The Balaban J connectivity index is 1.99. The number of hydrogen-bond donors (Lipinski definition) is 1. The van der Waals surface area contributed by atoms with E-state index in [2.05, 4.69) is 10.2 Å². The number of benzene rings is 1. The highest BCUT2D eigenvalue weighted by Gasteiger charge is 2.27. The molecule has 0 fully saturated rings. The molecule has 0 saturated carbocycles. The molecule has 1 aliphatic heterocycles. The number of rotatable bonds is 1. The summed E-state index contributed by atoms with van der Waals surface area (Å²) in [7, 11) is 0. The number of carbonyl (C=O) groups is 1. The van der Waals surface area contributed by atoms with E-state index in [4.69, 9.17) is 11.6 Å². The number of hydrogen-bond acceptors (Lipinski definition) is 2. The summed E-state index contributed by atoms with van der Waals surface area (Å²) < 4.78 is 0. The first-order chi connectivity index (χ1) is 8.27. The highest BCUT2D eigenvalue weighted by molar-refractivity contribution is 6.32. The van der Waals surface area contributed by atoms with Crippen LogP contribution in [0.4, 0.5) is 5.69 Å². The summed E-state index contributed by atoms with van der Waals surface area (Å²) in [6.07, 6.45) is 2.37. The fourth-order valence-electron chi connectivity index (χ4n) is 2.12. The molecule has 5 heteroatoms. The SMILES string of the molecule is O=C(c1ccn[nH]1)N1CCc2c(Cl)cccc21. The first-order valence-electron chi connectivity index (χ1n) is 5.36. The van der Waals surface area contributed by atoms with E-state index in [-0.39, 0.29) is 5.91 Å². The topological polar surface area (TPSA) is 49.0 Å². The van der Waals surface area contributed by atoms with Crippen molar-refractivity contribution >= 4 is 23.2 Å². The number of halogens is 1. The Morgan fingerprint density at radius 1 is 1.41 bits per heavy atom. The number of fused-ring (bicyclic) bond motifs is 1. The third-order valence-corrected chi connectivity index (χ3v) is 3.30. The Labute approximate surface area is 103 Å². The van der Waals surface area contributed by atoms with Crippen LogP contribution in [0.25, 0.3) is 0 Å². The minimum Gasteiger partial charge on any atom is -0.306 e. The summed E-state index contributed by atoms with van der Waals surface area (Å²) in [5, 5.41) is 7.20. The largest absolute Gasteiger partial charge is 0.306 e. The van der Waals surface area contributed by atoms with Crippen LogP contribution < -0.4 is 4.90 Å². The van der Waals surface area contributed by atoms with Crippen LogP contribution in [0.5, 0.6) is 0 Å². The smallest absolute Gasteiger partial charge is 0.276 e. The Kier molecular flexibility index (Phi) is 2.37. The third-order valence-electron chi connectivity index (χ3n) is 2.95. The summed E-state index contributed by atoms with van der Waals surface area (Å²) in [6.45, 7) is 0.664. The van der Waals surface area contributed by atoms with Gasteiger partial charge in [0.05, 0.1) is 0 Å². The molecule has 1 aromatic heterocycles. The molecule has 17 heavy (non-hydrogen) atoms. The molecule has 0 radical (unpaired) electrons. The normalized spacial score (nSPS) is 13.8. The van der Waals surface area contributed by atoms with Crippen molar-refractivity contribution in [2.24, 2.45) is 0 Å². The Bertz CT molecular complexity index is 565. The van der Waals surface area contributed by atoms with Crippen LogP contribution in [0.1, 0.15) is 16.1 Å². The van der Waals surface area contributed by atoms with Crippen LogP contribution in [-0.4, -0.2) is 22.6 Å². The van der Waals surface area contributed by atoms with Gasteiger partial charge in [-0.15, -0.1) is 0 Å². The van der Waals surface area contributed by atoms with Gasteiger partial charge in [0.1, 0.15) is 5.69 Å². The second kappa shape index (κ2) is 3.89. The van der Waals surface area contributed by atoms with E-state index in [1.165, 1.54) is 0 Å². The molecule has 0 atom stereocenters. The monoisotopic (exact) mass is 247 g/mol. The second-order valence-electron chi connectivity index (χ2n) is 3.91. The number of H-pyrrole nitrogens is 1. The van der Waals surface area contributed by atoms with Gasteiger partial charge in [-0.1, -0.05) is 17.7 Å². The van der Waals surface area contributed by atoms with Crippen molar-refractivity contribution in [2.45, 2.75) is 6.42 Å². The zero-order valence-electron chi connectivity index (χ0n) is 8.98. The maximum absolute atomic E-state index is 12.2. The van der Waals surface area contributed by atoms with Crippen LogP contribution in [0.15, 0.2) is 30.5 Å². The molecule has 86 valence electrons. The highest BCUT2D eigenvalue weighted by atomic mass is 35.5. The molecule has 0 unspecified atom stereocenters. The number of nitrogens with one attached hydrogen (secondary N) is 1. The molecule has 1 aliphatic rings. The van der Waals surface area contributed by atoms with Gasteiger partial charge < -0.3 is 4.90 Å². The van der Waals surface area contributed by atoms with Gasteiger partial charge >= 0.3 is 0 Å². The van der Waals surface area contributed by atoms with Crippen LogP contribution in [-0.2, 0) is 6.42 Å². The van der Waals surface area contributed by atoms with Gasteiger partial charge in [-0.25, -0.2) is 0 Å². The van der Waals surface area contributed by atoms with Crippen molar-refractivity contribution in [1.82, 2.24) is 10.2 Å². The zero-order chi connectivity index (χ0) is 11.8. The van der Waals surface area contributed by atoms with Crippen molar-refractivity contribution < 1.29 is 4.79 Å². The lowest BCUT2D eigenvalue weighted by atomic mass is 10.2. The van der Waals surface area contributed by atoms with E-state index in [0.29, 0.717) is 12.2 Å². The van der Waals surface area contributed by atoms with Crippen molar-refractivity contribution in [3.8, 4) is 0 Å². The molecule has 2 aromatic rings. The standard InChI is InChI=1S/C12H10ClN3O/c13-9-2-1-3-11-8(9)5-7-16(11)12(17)10-4-6-14-15-10/h1-4,6H,5,7H2,(H,14,15). The molecule has 1 N–H and O–H groups in total. The van der Waals surface area contributed by atoms with Crippen molar-refractivity contribution in [2.75, 3.05) is 11.4 Å². The van der Waals surface area contributed by atoms with Crippen LogP contribution in [0, 0.1) is 0 Å². The number of nitrogens with zero attached hydrogens (tertiary/aromatic N) is 2. The first-order valence-corrected chi connectivity index (χ1v) is 5.74. The molecule has 3 rings (SSSR count). The lowest BCUT2D eigenvalue weighted by Gasteiger charge is -2.16. The quantitative estimate of drug-likeness (QED) is 0.840. The number of anilines is 1. The van der Waals surface area contributed by atoms with E-state index in [0.717, 1.165) is 22.7 Å². The Morgan fingerprint density at radius 2 is 2.29 bits per heavy atom. The van der Waals surface area contributed by atoms with Gasteiger partial charge in [0.15, 0.2) is 0 Å². The third kappa shape index (κ3) is 1.61. The fourth-order valence-corrected chi connectivity index (χ4v) is 2.39. The van der Waals surface area contributed by atoms with Gasteiger partial charge in [0, 0.05) is 23.5 Å². The number of carbonyl (C=O) groups excluding carboxylic acids is 1. The summed E-state index contributed by atoms with van der Waals surface area (Å²) in [5.41, 5.74) is 2.44. The summed E-state index contributed by atoms with van der Waals surface area (Å²) in [6, 6.07) is 7.30. The molecular formula is C12H10ClN3O. The highest BCUT2D eigenvalue weighted by Crippen LogP contribution is 2.33. The maximum Gasteiger partial charge on any atom is 0.276 e. The van der Waals surface area contributed by atoms with Gasteiger partial charge in [-0.2, -0.15) is 5.10 Å². The fraction of sp³-hybridized carbons (Fsp3) is 0.167. The first kappa shape index (κ1) is 10.4. The number of aromatic amines is 1. The predicted octanol–water partition coefficient (Wildman–Crippen LogP) is 2.27. The van der Waals surface area contributed by atoms with E-state index in [1.807, 2.05) is 18.2 Å².